The van der Waals surface area contributed by atoms with Crippen LogP contribution in [0.5, 0.6) is 0 Å². The molecule has 0 aromatic rings. The van der Waals surface area contributed by atoms with Gasteiger partial charge in [0, 0.05) is 25.7 Å². The average molecular weight is 276 g/mol. The number of hydrogen-bond acceptors (Lipinski definition) is 6. The standard InChI is InChI=1S/C11H24N4S2/c1-8(2)9-7-15(6-5-12-9)11-13-10(14(3)4)16-17-11/h8-13H,5-7H2,1-4H3. The van der Waals surface area contributed by atoms with Gasteiger partial charge in [0.25, 0.3) is 0 Å². The fourth-order valence-electron chi connectivity index (χ4n) is 2.15. The van der Waals surface area contributed by atoms with E-state index in [0.29, 0.717) is 23.0 Å². The molecule has 2 rings (SSSR count). The van der Waals surface area contributed by atoms with Crippen molar-refractivity contribution in [3.05, 3.63) is 0 Å². The van der Waals surface area contributed by atoms with Crippen molar-refractivity contribution in [2.45, 2.75) is 30.9 Å². The Balaban J connectivity index is 1.86. The van der Waals surface area contributed by atoms with Gasteiger partial charge in [-0.25, -0.2) is 0 Å². The summed E-state index contributed by atoms with van der Waals surface area (Å²) < 4.78 is 0. The molecule has 2 saturated heterocycles. The first kappa shape index (κ1) is 14.0. The Bertz CT molecular complexity index is 250. The topological polar surface area (TPSA) is 30.5 Å². The lowest BCUT2D eigenvalue weighted by atomic mass is 10.0. The van der Waals surface area contributed by atoms with Crippen LogP contribution in [0.15, 0.2) is 0 Å². The van der Waals surface area contributed by atoms with Gasteiger partial charge in [-0.1, -0.05) is 35.4 Å². The van der Waals surface area contributed by atoms with Gasteiger partial charge in [0.05, 0.1) is 0 Å². The van der Waals surface area contributed by atoms with Gasteiger partial charge in [0.1, 0.15) is 11.0 Å². The summed E-state index contributed by atoms with van der Waals surface area (Å²) in [5.74, 6) is 0.710. The quantitative estimate of drug-likeness (QED) is 0.749. The van der Waals surface area contributed by atoms with Crippen molar-refractivity contribution in [3.8, 4) is 0 Å². The maximum atomic E-state index is 3.67. The van der Waals surface area contributed by atoms with Crippen molar-refractivity contribution in [1.82, 2.24) is 20.4 Å². The first-order valence-corrected chi connectivity index (χ1v) is 8.57. The molecule has 2 N–H and O–H groups in total. The highest BCUT2D eigenvalue weighted by molar-refractivity contribution is 8.77. The number of rotatable bonds is 3. The third-order valence-electron chi connectivity index (χ3n) is 3.37. The Morgan fingerprint density at radius 2 is 2.06 bits per heavy atom. The first-order chi connectivity index (χ1) is 8.08. The first-order valence-electron chi connectivity index (χ1n) is 6.30. The predicted octanol–water partition coefficient (Wildman–Crippen LogP) is 1.03. The summed E-state index contributed by atoms with van der Waals surface area (Å²) in [5.41, 5.74) is 0.910. The molecule has 17 heavy (non-hydrogen) atoms. The van der Waals surface area contributed by atoms with Crippen molar-refractivity contribution in [1.29, 1.82) is 0 Å². The SMILES string of the molecule is CC(C)C1CN(C2NC(N(C)C)SS2)CCN1. The fourth-order valence-corrected chi connectivity index (χ4v) is 5.14. The van der Waals surface area contributed by atoms with Crippen LogP contribution in [0.25, 0.3) is 0 Å². The largest absolute Gasteiger partial charge is 0.311 e. The van der Waals surface area contributed by atoms with E-state index in [0.717, 1.165) is 19.6 Å². The van der Waals surface area contributed by atoms with Gasteiger partial charge in [-0.3, -0.25) is 15.1 Å². The van der Waals surface area contributed by atoms with E-state index in [2.05, 4.69) is 48.4 Å². The molecule has 6 heteroatoms. The second-order valence-electron chi connectivity index (χ2n) is 5.33. The number of nitrogens with one attached hydrogen (secondary N) is 2. The smallest absolute Gasteiger partial charge is 0.120 e. The number of nitrogens with zero attached hydrogens (tertiary/aromatic N) is 2. The molecule has 2 heterocycles. The molecule has 100 valence electrons. The molecular formula is C11H24N4S2. The second kappa shape index (κ2) is 6.12. The van der Waals surface area contributed by atoms with E-state index >= 15 is 0 Å². The summed E-state index contributed by atoms with van der Waals surface area (Å²) in [5, 5.41) is 7.28. The van der Waals surface area contributed by atoms with Crippen LogP contribution in [0.2, 0.25) is 0 Å². The Kier molecular flexibility index (Phi) is 5.03. The Morgan fingerprint density at radius 1 is 1.29 bits per heavy atom. The summed E-state index contributed by atoms with van der Waals surface area (Å²) in [6, 6.07) is 0.634. The van der Waals surface area contributed by atoms with Gasteiger partial charge >= 0.3 is 0 Å². The van der Waals surface area contributed by atoms with Crippen molar-refractivity contribution in [2.24, 2.45) is 5.92 Å². The maximum absolute atomic E-state index is 3.67. The normalized spacial score (nSPS) is 36.0. The average Bonchev–Trinajstić information content (AvgIpc) is 2.78. The number of piperazine rings is 1. The van der Waals surface area contributed by atoms with Crippen LogP contribution in [0.3, 0.4) is 0 Å². The van der Waals surface area contributed by atoms with Gasteiger partial charge in [-0.15, -0.1) is 0 Å². The lowest BCUT2D eigenvalue weighted by molar-refractivity contribution is 0.139. The Labute approximate surface area is 113 Å². The van der Waals surface area contributed by atoms with E-state index < -0.39 is 0 Å². The molecule has 2 aliphatic heterocycles. The fraction of sp³-hybridized carbons (Fsp3) is 1.00. The van der Waals surface area contributed by atoms with Crippen LogP contribution in [0, 0.1) is 5.92 Å². The molecule has 0 aliphatic carbocycles. The van der Waals surface area contributed by atoms with Crippen molar-refractivity contribution in [2.75, 3.05) is 33.7 Å². The minimum Gasteiger partial charge on any atom is -0.311 e. The van der Waals surface area contributed by atoms with Crippen LogP contribution in [-0.4, -0.2) is 60.6 Å². The van der Waals surface area contributed by atoms with Crippen molar-refractivity contribution >= 4 is 21.6 Å². The lowest BCUT2D eigenvalue weighted by Gasteiger charge is -2.38. The summed E-state index contributed by atoms with van der Waals surface area (Å²) in [4.78, 5) is 4.81. The minimum absolute atomic E-state index is 0.442. The maximum Gasteiger partial charge on any atom is 0.120 e. The van der Waals surface area contributed by atoms with Crippen LogP contribution < -0.4 is 10.6 Å². The zero-order valence-corrected chi connectivity index (χ0v) is 12.8. The van der Waals surface area contributed by atoms with E-state index in [4.69, 9.17) is 0 Å². The molecule has 2 aliphatic rings. The van der Waals surface area contributed by atoms with E-state index in [-0.39, 0.29) is 0 Å². The predicted molar refractivity (Wildman–Crippen MR) is 77.8 cm³/mol. The van der Waals surface area contributed by atoms with E-state index in [1.807, 2.05) is 21.6 Å². The minimum atomic E-state index is 0.442. The van der Waals surface area contributed by atoms with Crippen LogP contribution in [0.4, 0.5) is 0 Å². The zero-order valence-electron chi connectivity index (χ0n) is 11.1. The molecule has 3 atom stereocenters. The lowest BCUT2D eigenvalue weighted by Crippen LogP contribution is -2.58. The van der Waals surface area contributed by atoms with E-state index in [1.54, 1.807) is 0 Å². The molecule has 0 spiro atoms. The molecule has 0 saturated carbocycles. The zero-order chi connectivity index (χ0) is 12.4. The highest BCUT2D eigenvalue weighted by Crippen LogP contribution is 2.38. The molecular weight excluding hydrogens is 252 g/mol. The molecule has 4 nitrogen and oxygen atoms in total. The van der Waals surface area contributed by atoms with Crippen molar-refractivity contribution in [3.63, 3.8) is 0 Å². The van der Waals surface area contributed by atoms with E-state index in [1.165, 1.54) is 0 Å². The van der Waals surface area contributed by atoms with Gasteiger partial charge in [-0.2, -0.15) is 0 Å². The van der Waals surface area contributed by atoms with Crippen LogP contribution in [-0.2, 0) is 0 Å². The Hall–Kier alpha value is 0.540. The monoisotopic (exact) mass is 276 g/mol. The highest BCUT2D eigenvalue weighted by atomic mass is 33.1. The van der Waals surface area contributed by atoms with Gasteiger partial charge in [0.2, 0.25) is 0 Å². The molecule has 0 aromatic carbocycles. The summed E-state index contributed by atoms with van der Waals surface area (Å²) in [6.45, 7) is 8.01. The molecule has 3 unspecified atom stereocenters. The number of hydrogen-bond donors (Lipinski definition) is 2. The molecule has 2 fully saturated rings. The Morgan fingerprint density at radius 3 is 2.65 bits per heavy atom. The second-order valence-corrected chi connectivity index (χ2v) is 7.76. The van der Waals surface area contributed by atoms with Gasteiger partial charge in [-0.05, 0) is 20.0 Å². The highest BCUT2D eigenvalue weighted by Gasteiger charge is 2.34. The van der Waals surface area contributed by atoms with Gasteiger partial charge in [0.15, 0.2) is 0 Å². The molecule has 0 aromatic heterocycles. The summed E-state index contributed by atoms with van der Waals surface area (Å²) in [6.07, 6.45) is 0. The van der Waals surface area contributed by atoms with E-state index in [9.17, 15) is 0 Å². The van der Waals surface area contributed by atoms with Gasteiger partial charge < -0.3 is 5.32 Å². The molecule has 0 amide bonds. The molecule has 0 bridgehead atoms. The third kappa shape index (κ3) is 3.52. The van der Waals surface area contributed by atoms with Crippen LogP contribution >= 0.6 is 21.6 Å². The third-order valence-corrected chi connectivity index (χ3v) is 6.26. The molecule has 0 radical (unpaired) electrons. The summed E-state index contributed by atoms with van der Waals surface area (Å²) >= 11 is 0. The summed E-state index contributed by atoms with van der Waals surface area (Å²) in [7, 11) is 8.15. The van der Waals surface area contributed by atoms with Crippen LogP contribution in [0.1, 0.15) is 13.8 Å². The van der Waals surface area contributed by atoms with Crippen molar-refractivity contribution < 1.29 is 0 Å².